The van der Waals surface area contributed by atoms with Crippen LogP contribution in [0.3, 0.4) is 0 Å². The van der Waals surface area contributed by atoms with Crippen LogP contribution in [0.2, 0.25) is 0 Å². The average molecular weight is 257 g/mol. The maximum atomic E-state index is 4.27. The Kier molecular flexibility index (Phi) is 4.66. The number of anilines is 2. The quantitative estimate of drug-likeness (QED) is 0.833. The molecule has 0 aliphatic rings. The van der Waals surface area contributed by atoms with Gasteiger partial charge in [-0.3, -0.25) is 4.98 Å². The van der Waals surface area contributed by atoms with E-state index in [1.165, 1.54) is 0 Å². The zero-order valence-electron chi connectivity index (χ0n) is 11.3. The fraction of sp³-hybridized carbons (Fsp3) is 0.357. The van der Waals surface area contributed by atoms with E-state index in [2.05, 4.69) is 32.5 Å². The van der Waals surface area contributed by atoms with Crippen molar-refractivity contribution in [3.8, 4) is 0 Å². The number of rotatable bonds is 6. The molecule has 0 aliphatic heterocycles. The number of hydrogen-bond acceptors (Lipinski definition) is 5. The molecule has 0 unspecified atom stereocenters. The lowest BCUT2D eigenvalue weighted by Crippen LogP contribution is -2.09. The van der Waals surface area contributed by atoms with Crippen LogP contribution in [0.15, 0.2) is 30.7 Å². The van der Waals surface area contributed by atoms with Crippen molar-refractivity contribution in [2.24, 2.45) is 0 Å². The molecule has 0 saturated carbocycles. The largest absolute Gasteiger partial charge is 0.370 e. The second-order valence-electron chi connectivity index (χ2n) is 4.30. The highest BCUT2D eigenvalue weighted by atomic mass is 15.1. The van der Waals surface area contributed by atoms with Gasteiger partial charge in [-0.1, -0.05) is 13.0 Å². The Bertz CT molecular complexity index is 512. The average Bonchev–Trinajstić information content (AvgIpc) is 2.46. The maximum absolute atomic E-state index is 4.27. The molecule has 0 saturated heterocycles. The molecule has 0 spiro atoms. The molecule has 0 aliphatic carbocycles. The number of pyridine rings is 1. The van der Waals surface area contributed by atoms with Crippen molar-refractivity contribution in [3.05, 3.63) is 42.0 Å². The molecule has 2 aromatic heterocycles. The molecule has 5 nitrogen and oxygen atoms in total. The van der Waals surface area contributed by atoms with Gasteiger partial charge in [-0.2, -0.15) is 0 Å². The van der Waals surface area contributed by atoms with Crippen LogP contribution in [-0.4, -0.2) is 21.5 Å². The van der Waals surface area contributed by atoms with Crippen LogP contribution in [0.5, 0.6) is 0 Å². The van der Waals surface area contributed by atoms with E-state index < -0.39 is 0 Å². The zero-order chi connectivity index (χ0) is 13.5. The molecule has 0 fully saturated rings. The Labute approximate surface area is 113 Å². The molecule has 5 heteroatoms. The summed E-state index contributed by atoms with van der Waals surface area (Å²) in [6.45, 7) is 5.71. The summed E-state index contributed by atoms with van der Waals surface area (Å²) in [6.07, 6.45) is 4.43. The van der Waals surface area contributed by atoms with Crippen LogP contribution in [0, 0.1) is 6.92 Å². The molecule has 2 rings (SSSR count). The highest BCUT2D eigenvalue weighted by molar-refractivity contribution is 5.56. The number of nitrogens with zero attached hydrogens (tertiary/aromatic N) is 3. The lowest BCUT2D eigenvalue weighted by atomic mass is 10.3. The molecule has 2 N–H and O–H groups in total. The summed E-state index contributed by atoms with van der Waals surface area (Å²) in [5, 5.41) is 6.59. The molecular formula is C14H19N5. The van der Waals surface area contributed by atoms with Crippen LogP contribution in [0.1, 0.15) is 24.6 Å². The van der Waals surface area contributed by atoms with Crippen molar-refractivity contribution in [1.29, 1.82) is 0 Å². The summed E-state index contributed by atoms with van der Waals surface area (Å²) >= 11 is 0. The van der Waals surface area contributed by atoms with Crippen LogP contribution >= 0.6 is 0 Å². The second-order valence-corrected chi connectivity index (χ2v) is 4.30. The van der Waals surface area contributed by atoms with Crippen molar-refractivity contribution in [2.45, 2.75) is 26.8 Å². The molecule has 2 heterocycles. The summed E-state index contributed by atoms with van der Waals surface area (Å²) in [7, 11) is 0. The van der Waals surface area contributed by atoms with Gasteiger partial charge in [-0.25, -0.2) is 9.97 Å². The molecule has 0 radical (unpaired) electrons. The second kappa shape index (κ2) is 6.68. The van der Waals surface area contributed by atoms with Crippen molar-refractivity contribution in [3.63, 3.8) is 0 Å². The van der Waals surface area contributed by atoms with Crippen LogP contribution in [0.4, 0.5) is 11.6 Å². The first-order chi connectivity index (χ1) is 9.31. The fourth-order valence-electron chi connectivity index (χ4n) is 1.73. The smallest absolute Gasteiger partial charge is 0.134 e. The van der Waals surface area contributed by atoms with Crippen molar-refractivity contribution < 1.29 is 0 Å². The Morgan fingerprint density at radius 3 is 2.53 bits per heavy atom. The van der Waals surface area contributed by atoms with E-state index in [0.29, 0.717) is 6.54 Å². The first-order valence-corrected chi connectivity index (χ1v) is 6.50. The minimum atomic E-state index is 0.659. The first-order valence-electron chi connectivity index (χ1n) is 6.50. The van der Waals surface area contributed by atoms with Crippen molar-refractivity contribution in [1.82, 2.24) is 15.0 Å². The van der Waals surface area contributed by atoms with Gasteiger partial charge in [-0.15, -0.1) is 0 Å². The van der Waals surface area contributed by atoms with Gasteiger partial charge in [0, 0.05) is 18.3 Å². The van der Waals surface area contributed by atoms with Gasteiger partial charge in [0.15, 0.2) is 0 Å². The predicted octanol–water partition coefficient (Wildman–Crippen LogP) is 2.61. The zero-order valence-corrected chi connectivity index (χ0v) is 11.3. The number of nitrogens with one attached hydrogen (secondary N) is 2. The van der Waals surface area contributed by atoms with Gasteiger partial charge < -0.3 is 10.6 Å². The van der Waals surface area contributed by atoms with E-state index in [1.54, 1.807) is 12.5 Å². The summed E-state index contributed by atoms with van der Waals surface area (Å²) in [5.74, 6) is 1.74. The third-order valence-electron chi connectivity index (χ3n) is 2.79. The third kappa shape index (κ3) is 3.64. The SMILES string of the molecule is CCCNc1ncnc(NCc2ccccn2)c1C. The fourth-order valence-corrected chi connectivity index (χ4v) is 1.73. The van der Waals surface area contributed by atoms with Crippen molar-refractivity contribution in [2.75, 3.05) is 17.2 Å². The van der Waals surface area contributed by atoms with Crippen LogP contribution in [0.25, 0.3) is 0 Å². The van der Waals surface area contributed by atoms with Gasteiger partial charge >= 0.3 is 0 Å². The highest BCUT2D eigenvalue weighted by Crippen LogP contribution is 2.18. The van der Waals surface area contributed by atoms with E-state index in [0.717, 1.165) is 35.9 Å². The third-order valence-corrected chi connectivity index (χ3v) is 2.79. The lowest BCUT2D eigenvalue weighted by Gasteiger charge is -2.12. The van der Waals surface area contributed by atoms with E-state index in [1.807, 2.05) is 25.1 Å². The molecule has 2 aromatic rings. The van der Waals surface area contributed by atoms with E-state index in [4.69, 9.17) is 0 Å². The van der Waals surface area contributed by atoms with Gasteiger partial charge in [0.2, 0.25) is 0 Å². The molecular weight excluding hydrogens is 238 g/mol. The van der Waals surface area contributed by atoms with Gasteiger partial charge in [0.1, 0.15) is 18.0 Å². The first kappa shape index (κ1) is 13.3. The Morgan fingerprint density at radius 2 is 1.84 bits per heavy atom. The van der Waals surface area contributed by atoms with Crippen molar-refractivity contribution >= 4 is 11.6 Å². The molecule has 19 heavy (non-hydrogen) atoms. The minimum absolute atomic E-state index is 0.659. The lowest BCUT2D eigenvalue weighted by molar-refractivity contribution is 0.954. The van der Waals surface area contributed by atoms with E-state index in [-0.39, 0.29) is 0 Å². The number of hydrogen-bond donors (Lipinski definition) is 2. The summed E-state index contributed by atoms with van der Waals surface area (Å²) in [4.78, 5) is 12.8. The van der Waals surface area contributed by atoms with E-state index in [9.17, 15) is 0 Å². The predicted molar refractivity (Wildman–Crippen MR) is 77.1 cm³/mol. The minimum Gasteiger partial charge on any atom is -0.370 e. The summed E-state index contributed by atoms with van der Waals surface area (Å²) in [6, 6.07) is 5.87. The summed E-state index contributed by atoms with van der Waals surface area (Å²) < 4.78 is 0. The Morgan fingerprint density at radius 1 is 1.05 bits per heavy atom. The van der Waals surface area contributed by atoms with Gasteiger partial charge in [0.25, 0.3) is 0 Å². The highest BCUT2D eigenvalue weighted by Gasteiger charge is 2.06. The molecule has 100 valence electrons. The topological polar surface area (TPSA) is 62.7 Å². The van der Waals surface area contributed by atoms with Crippen LogP contribution in [-0.2, 0) is 6.54 Å². The van der Waals surface area contributed by atoms with Crippen LogP contribution < -0.4 is 10.6 Å². The molecule has 0 atom stereocenters. The Balaban J connectivity index is 2.04. The maximum Gasteiger partial charge on any atom is 0.134 e. The monoisotopic (exact) mass is 257 g/mol. The molecule has 0 aromatic carbocycles. The standard InChI is InChI=1S/C14H19N5/c1-3-7-16-13-11(2)14(19-10-18-13)17-9-12-6-4-5-8-15-12/h4-6,8,10H,3,7,9H2,1-2H3,(H2,16,17,18,19). The number of aromatic nitrogens is 3. The normalized spacial score (nSPS) is 10.2. The van der Waals surface area contributed by atoms with E-state index >= 15 is 0 Å². The molecule has 0 bridgehead atoms. The Hall–Kier alpha value is -2.17. The van der Waals surface area contributed by atoms with Gasteiger partial charge in [0.05, 0.1) is 12.2 Å². The summed E-state index contributed by atoms with van der Waals surface area (Å²) in [5.41, 5.74) is 2.02. The van der Waals surface area contributed by atoms with Gasteiger partial charge in [-0.05, 0) is 25.5 Å². The molecule has 0 amide bonds.